The normalized spacial score (nSPS) is 15.0. The lowest BCUT2D eigenvalue weighted by Crippen LogP contribution is -2.46. The molecule has 0 aliphatic carbocycles. The maximum atomic E-state index is 10.8. The van der Waals surface area contributed by atoms with E-state index in [1.54, 1.807) is 4.90 Å². The van der Waals surface area contributed by atoms with Crippen molar-refractivity contribution in [3.8, 4) is 11.1 Å². The highest BCUT2D eigenvalue weighted by Gasteiger charge is 2.17. The molecule has 1 aromatic heterocycles. The Labute approximate surface area is 142 Å². The van der Waals surface area contributed by atoms with Crippen LogP contribution in [0.4, 0.5) is 5.95 Å². The van der Waals surface area contributed by atoms with Gasteiger partial charge in [0, 0.05) is 50.7 Å². The number of carbonyl (C=O) groups is 1. The van der Waals surface area contributed by atoms with Crippen molar-refractivity contribution < 1.29 is 4.79 Å². The number of hydrogen-bond acceptors (Lipinski definition) is 5. The van der Waals surface area contributed by atoms with E-state index in [0.717, 1.165) is 56.2 Å². The lowest BCUT2D eigenvalue weighted by molar-refractivity contribution is -0.118. The van der Waals surface area contributed by atoms with Crippen molar-refractivity contribution in [1.82, 2.24) is 19.8 Å². The van der Waals surface area contributed by atoms with Gasteiger partial charge in [-0.25, -0.2) is 9.97 Å². The van der Waals surface area contributed by atoms with Crippen LogP contribution < -0.4 is 4.90 Å². The van der Waals surface area contributed by atoms with Gasteiger partial charge in [0.05, 0.1) is 0 Å². The Morgan fingerprint density at radius 1 is 1.08 bits per heavy atom. The summed E-state index contributed by atoms with van der Waals surface area (Å²) in [5, 5.41) is 0. The highest BCUT2D eigenvalue weighted by molar-refractivity contribution is 5.63. The Morgan fingerprint density at radius 3 is 2.42 bits per heavy atom. The molecule has 126 valence electrons. The maximum Gasteiger partial charge on any atom is 0.225 e. The minimum atomic E-state index is 0.723. The Morgan fingerprint density at radius 2 is 1.79 bits per heavy atom. The Hall–Kier alpha value is -2.47. The second-order valence-corrected chi connectivity index (χ2v) is 6.34. The average molecular weight is 325 g/mol. The third kappa shape index (κ3) is 3.89. The van der Waals surface area contributed by atoms with Crippen LogP contribution in [0.15, 0.2) is 36.7 Å². The van der Waals surface area contributed by atoms with Crippen LogP contribution in [0.1, 0.15) is 5.56 Å². The average Bonchev–Trinajstić information content (AvgIpc) is 2.62. The van der Waals surface area contributed by atoms with E-state index in [0.29, 0.717) is 0 Å². The fourth-order valence-corrected chi connectivity index (χ4v) is 2.88. The van der Waals surface area contributed by atoms with Crippen molar-refractivity contribution in [2.45, 2.75) is 6.54 Å². The molecule has 0 atom stereocenters. The molecule has 0 radical (unpaired) electrons. The minimum Gasteiger partial charge on any atom is -0.342 e. The first-order chi connectivity index (χ1) is 11.7. The van der Waals surface area contributed by atoms with Crippen molar-refractivity contribution in [3.05, 3.63) is 42.2 Å². The number of anilines is 1. The molecule has 6 nitrogen and oxygen atoms in total. The maximum absolute atomic E-state index is 10.8. The number of nitrogens with zero attached hydrogens (tertiary/aromatic N) is 5. The smallest absolute Gasteiger partial charge is 0.225 e. The zero-order valence-electron chi connectivity index (χ0n) is 14.2. The number of carbonyl (C=O) groups excluding carboxylic acids is 1. The number of rotatable bonds is 5. The molecule has 6 heteroatoms. The fourth-order valence-electron chi connectivity index (χ4n) is 2.88. The van der Waals surface area contributed by atoms with Gasteiger partial charge >= 0.3 is 0 Å². The molecule has 0 saturated carbocycles. The highest BCUT2D eigenvalue weighted by atomic mass is 16.1. The van der Waals surface area contributed by atoms with Gasteiger partial charge in [-0.3, -0.25) is 4.79 Å². The molecule has 2 aromatic rings. The summed E-state index contributed by atoms with van der Waals surface area (Å²) in [6.45, 7) is 3.91. The summed E-state index contributed by atoms with van der Waals surface area (Å²) < 4.78 is 0. The van der Waals surface area contributed by atoms with Gasteiger partial charge in [0.25, 0.3) is 0 Å². The minimum absolute atomic E-state index is 0.723. The molecule has 1 aliphatic heterocycles. The van der Waals surface area contributed by atoms with Crippen LogP contribution in [0.3, 0.4) is 0 Å². The summed E-state index contributed by atoms with van der Waals surface area (Å²) in [6, 6.07) is 8.47. The van der Waals surface area contributed by atoms with E-state index in [1.807, 2.05) is 12.4 Å². The summed E-state index contributed by atoms with van der Waals surface area (Å²) >= 11 is 0. The first-order valence-electron chi connectivity index (χ1n) is 8.16. The third-order valence-corrected chi connectivity index (χ3v) is 4.14. The summed E-state index contributed by atoms with van der Waals surface area (Å²) in [5.41, 5.74) is 3.42. The molecule has 0 unspecified atom stereocenters. The highest BCUT2D eigenvalue weighted by Crippen LogP contribution is 2.21. The molecule has 1 fully saturated rings. The van der Waals surface area contributed by atoms with E-state index in [9.17, 15) is 4.79 Å². The third-order valence-electron chi connectivity index (χ3n) is 4.14. The monoisotopic (exact) mass is 325 g/mol. The van der Waals surface area contributed by atoms with Crippen LogP contribution in [0.25, 0.3) is 11.1 Å². The van der Waals surface area contributed by atoms with Crippen LogP contribution in [0.5, 0.6) is 0 Å². The molecule has 2 heterocycles. The van der Waals surface area contributed by atoms with Gasteiger partial charge in [-0.2, -0.15) is 0 Å². The second-order valence-electron chi connectivity index (χ2n) is 6.34. The van der Waals surface area contributed by atoms with Gasteiger partial charge < -0.3 is 14.7 Å². The van der Waals surface area contributed by atoms with Crippen LogP contribution in [0.2, 0.25) is 0 Å². The van der Waals surface area contributed by atoms with Crippen molar-refractivity contribution in [2.75, 3.05) is 45.2 Å². The number of hydrogen-bond donors (Lipinski definition) is 0. The lowest BCUT2D eigenvalue weighted by Gasteiger charge is -2.32. The van der Waals surface area contributed by atoms with Crippen molar-refractivity contribution in [1.29, 1.82) is 0 Å². The van der Waals surface area contributed by atoms with E-state index >= 15 is 0 Å². The van der Waals surface area contributed by atoms with Crippen molar-refractivity contribution in [2.24, 2.45) is 0 Å². The van der Waals surface area contributed by atoms with Gasteiger partial charge in [0.1, 0.15) is 0 Å². The van der Waals surface area contributed by atoms with E-state index in [2.05, 4.69) is 58.1 Å². The summed E-state index contributed by atoms with van der Waals surface area (Å²) in [7, 11) is 4.13. The predicted octanol–water partition coefficient (Wildman–Crippen LogP) is 1.48. The molecule has 1 aromatic carbocycles. The molecule has 1 amide bonds. The molecular weight excluding hydrogens is 302 g/mol. The largest absolute Gasteiger partial charge is 0.342 e. The molecule has 0 bridgehead atoms. The van der Waals surface area contributed by atoms with E-state index < -0.39 is 0 Å². The molecule has 0 N–H and O–H groups in total. The van der Waals surface area contributed by atoms with Crippen LogP contribution in [0, 0.1) is 0 Å². The van der Waals surface area contributed by atoms with E-state index in [-0.39, 0.29) is 0 Å². The number of benzene rings is 1. The summed E-state index contributed by atoms with van der Waals surface area (Å²) in [6.07, 6.45) is 4.66. The van der Waals surface area contributed by atoms with Crippen molar-refractivity contribution in [3.63, 3.8) is 0 Å². The first kappa shape index (κ1) is 16.4. The van der Waals surface area contributed by atoms with E-state index in [1.165, 1.54) is 5.56 Å². The summed E-state index contributed by atoms with van der Waals surface area (Å²) in [5.74, 6) is 0.730. The van der Waals surface area contributed by atoms with Gasteiger partial charge in [-0.15, -0.1) is 0 Å². The van der Waals surface area contributed by atoms with Gasteiger partial charge in [-0.1, -0.05) is 18.2 Å². The lowest BCUT2D eigenvalue weighted by atomic mass is 10.1. The van der Waals surface area contributed by atoms with E-state index in [4.69, 9.17) is 0 Å². The van der Waals surface area contributed by atoms with Gasteiger partial charge in [0.15, 0.2) is 0 Å². The molecule has 3 rings (SSSR count). The molecule has 1 aliphatic rings. The number of amides is 1. The standard InChI is InChI=1S/C18H23N5O/c1-21(2)13-15-4-3-5-16(10-15)17-11-19-18(20-12-17)23-8-6-22(14-24)7-9-23/h3-5,10-12,14H,6-9,13H2,1-2H3. The topological polar surface area (TPSA) is 52.6 Å². The molecule has 24 heavy (non-hydrogen) atoms. The van der Waals surface area contributed by atoms with Crippen LogP contribution in [-0.4, -0.2) is 66.5 Å². The van der Waals surface area contributed by atoms with Crippen LogP contribution in [-0.2, 0) is 11.3 Å². The Balaban J connectivity index is 1.72. The molecule has 0 spiro atoms. The van der Waals surface area contributed by atoms with Gasteiger partial charge in [-0.05, 0) is 31.3 Å². The summed E-state index contributed by atoms with van der Waals surface area (Å²) in [4.78, 5) is 25.9. The molecule has 1 saturated heterocycles. The quantitative estimate of drug-likeness (QED) is 0.780. The fraction of sp³-hybridized carbons (Fsp3) is 0.389. The zero-order chi connectivity index (χ0) is 16.9. The molecular formula is C18H23N5O. The van der Waals surface area contributed by atoms with Gasteiger partial charge in [0.2, 0.25) is 12.4 Å². The first-order valence-corrected chi connectivity index (χ1v) is 8.16. The van der Waals surface area contributed by atoms with Crippen LogP contribution >= 0.6 is 0 Å². The Kier molecular flexibility index (Phi) is 5.05. The van der Waals surface area contributed by atoms with Crippen molar-refractivity contribution >= 4 is 12.4 Å². The number of piperazine rings is 1. The second kappa shape index (κ2) is 7.40. The SMILES string of the molecule is CN(C)Cc1cccc(-c2cnc(N3CCN(C=O)CC3)nc2)c1. The Bertz CT molecular complexity index is 678. The predicted molar refractivity (Wildman–Crippen MR) is 94.7 cm³/mol. The zero-order valence-corrected chi connectivity index (χ0v) is 14.2. The number of aromatic nitrogens is 2.